The first-order chi connectivity index (χ1) is 14.2. The smallest absolute Gasteiger partial charge is 0.158 e. The Hall–Kier alpha value is -2.30. The topological polar surface area (TPSA) is 47.3 Å². The minimum absolute atomic E-state index is 0.148. The van der Waals surface area contributed by atoms with Gasteiger partial charge in [-0.25, -0.2) is 9.97 Å². The number of aromatic nitrogens is 2. The van der Waals surface area contributed by atoms with Crippen molar-refractivity contribution in [3.8, 4) is 23.0 Å². The van der Waals surface area contributed by atoms with Crippen molar-refractivity contribution in [1.82, 2.24) is 14.9 Å². The van der Waals surface area contributed by atoms with E-state index in [4.69, 9.17) is 9.47 Å². The van der Waals surface area contributed by atoms with Crippen molar-refractivity contribution < 1.29 is 9.47 Å². The highest BCUT2D eigenvalue weighted by Gasteiger charge is 2.63. The molecule has 2 aliphatic rings. The molecule has 4 unspecified atom stereocenters. The molecule has 148 valence electrons. The third-order valence-electron chi connectivity index (χ3n) is 5.83. The van der Waals surface area contributed by atoms with Crippen LogP contribution >= 0.6 is 11.3 Å². The second-order valence-electron chi connectivity index (χ2n) is 7.62. The van der Waals surface area contributed by atoms with Crippen LogP contribution in [0.2, 0.25) is 0 Å². The number of hydrogen-bond donors (Lipinski definition) is 0. The average Bonchev–Trinajstić information content (AvgIpc) is 3.17. The summed E-state index contributed by atoms with van der Waals surface area (Å²) in [7, 11) is 0. The van der Waals surface area contributed by atoms with Gasteiger partial charge in [-0.3, -0.25) is 4.90 Å². The molecule has 0 aliphatic carbocycles. The number of benzene rings is 1. The molecule has 0 radical (unpaired) electrons. The second-order valence-corrected chi connectivity index (χ2v) is 8.48. The Kier molecular flexibility index (Phi) is 4.84. The Morgan fingerprint density at radius 1 is 1.31 bits per heavy atom. The molecule has 0 saturated carbocycles. The maximum atomic E-state index is 6.11. The van der Waals surface area contributed by atoms with Crippen LogP contribution in [0.1, 0.15) is 32.4 Å². The molecule has 5 rings (SSSR count). The maximum absolute atomic E-state index is 6.11. The molecule has 0 N–H and O–H groups in total. The van der Waals surface area contributed by atoms with E-state index in [0.717, 1.165) is 33.6 Å². The summed E-state index contributed by atoms with van der Waals surface area (Å²) in [5.74, 6) is 6.27. The van der Waals surface area contributed by atoms with Gasteiger partial charge >= 0.3 is 0 Å². The fourth-order valence-electron chi connectivity index (χ4n) is 4.36. The summed E-state index contributed by atoms with van der Waals surface area (Å²) in [5.41, 5.74) is 2.86. The van der Waals surface area contributed by atoms with E-state index in [-0.39, 0.29) is 12.0 Å². The van der Waals surface area contributed by atoms with Crippen LogP contribution < -0.4 is 0 Å². The van der Waals surface area contributed by atoms with Gasteiger partial charge in [0.2, 0.25) is 0 Å². The molecular formula is C23H23N3O2S. The molecule has 5 nitrogen and oxygen atoms in total. The third kappa shape index (κ3) is 3.45. The van der Waals surface area contributed by atoms with Crippen LogP contribution in [0.3, 0.4) is 0 Å². The van der Waals surface area contributed by atoms with Crippen LogP contribution in [0.4, 0.5) is 0 Å². The Bertz CT molecular complexity index is 1080. The molecule has 2 aromatic heterocycles. The normalized spacial score (nSPS) is 26.0. The molecule has 2 aliphatic heterocycles. The van der Waals surface area contributed by atoms with Crippen molar-refractivity contribution in [2.24, 2.45) is 0 Å². The molecule has 0 spiro atoms. The van der Waals surface area contributed by atoms with E-state index < -0.39 is 0 Å². The number of thiophene rings is 1. The zero-order valence-corrected chi connectivity index (χ0v) is 17.4. The van der Waals surface area contributed by atoms with Crippen molar-refractivity contribution in [3.63, 3.8) is 0 Å². The molecule has 29 heavy (non-hydrogen) atoms. The third-order valence-corrected chi connectivity index (χ3v) is 6.72. The van der Waals surface area contributed by atoms with Crippen LogP contribution in [0.5, 0.6) is 0 Å². The van der Waals surface area contributed by atoms with Crippen LogP contribution in [-0.2, 0) is 9.47 Å². The maximum Gasteiger partial charge on any atom is 0.158 e. The second kappa shape index (κ2) is 7.51. The fourth-order valence-corrected chi connectivity index (χ4v) is 5.27. The Morgan fingerprint density at radius 3 is 2.97 bits per heavy atom. The molecule has 1 aromatic carbocycles. The van der Waals surface area contributed by atoms with Crippen LogP contribution in [0.25, 0.3) is 21.3 Å². The molecular weight excluding hydrogens is 382 g/mol. The van der Waals surface area contributed by atoms with E-state index in [2.05, 4.69) is 51.1 Å². The van der Waals surface area contributed by atoms with E-state index in [1.807, 2.05) is 25.1 Å². The molecule has 6 heteroatoms. The number of piperidine rings is 1. The van der Waals surface area contributed by atoms with E-state index in [1.165, 1.54) is 12.8 Å². The zero-order chi connectivity index (χ0) is 19.8. The van der Waals surface area contributed by atoms with Gasteiger partial charge < -0.3 is 9.47 Å². The van der Waals surface area contributed by atoms with Gasteiger partial charge in [-0.15, -0.1) is 11.3 Å². The highest BCUT2D eigenvalue weighted by molar-refractivity contribution is 7.17. The van der Waals surface area contributed by atoms with Gasteiger partial charge in [0.25, 0.3) is 0 Å². The van der Waals surface area contributed by atoms with Gasteiger partial charge in [0.1, 0.15) is 29.2 Å². The molecule has 4 atom stereocenters. The van der Waals surface area contributed by atoms with E-state index >= 15 is 0 Å². The van der Waals surface area contributed by atoms with Gasteiger partial charge in [0.05, 0.1) is 11.4 Å². The van der Waals surface area contributed by atoms with E-state index in [9.17, 15) is 0 Å². The van der Waals surface area contributed by atoms with Crippen molar-refractivity contribution in [3.05, 3.63) is 47.7 Å². The minimum atomic E-state index is -0.286. The minimum Gasteiger partial charge on any atom is -0.340 e. The summed E-state index contributed by atoms with van der Waals surface area (Å²) in [5, 5.41) is 3.13. The number of fused-ring (bicyclic) bond motifs is 2. The molecule has 2 saturated heterocycles. The molecule has 0 bridgehead atoms. The largest absolute Gasteiger partial charge is 0.340 e. The first kappa shape index (κ1) is 18.7. The number of hydrogen-bond acceptors (Lipinski definition) is 6. The van der Waals surface area contributed by atoms with Gasteiger partial charge in [-0.2, -0.15) is 0 Å². The van der Waals surface area contributed by atoms with Gasteiger partial charge in [0, 0.05) is 17.5 Å². The summed E-state index contributed by atoms with van der Waals surface area (Å²) in [4.78, 5) is 12.2. The lowest BCUT2D eigenvalue weighted by Gasteiger charge is -2.20. The van der Waals surface area contributed by atoms with Gasteiger partial charge in [-0.05, 0) is 38.2 Å². The van der Waals surface area contributed by atoms with Crippen LogP contribution in [0.15, 0.2) is 42.0 Å². The monoisotopic (exact) mass is 405 g/mol. The van der Waals surface area contributed by atoms with Crippen molar-refractivity contribution >= 4 is 21.6 Å². The van der Waals surface area contributed by atoms with Gasteiger partial charge in [-0.1, -0.05) is 36.3 Å². The Morgan fingerprint density at radius 2 is 2.17 bits per heavy atom. The number of rotatable bonds is 5. The first-order valence-electron chi connectivity index (χ1n) is 9.99. The molecule has 2 fully saturated rings. The fraction of sp³-hybridized carbons (Fsp3) is 0.391. The molecule has 0 amide bonds. The Labute approximate surface area is 174 Å². The highest BCUT2D eigenvalue weighted by Crippen LogP contribution is 2.49. The van der Waals surface area contributed by atoms with Crippen LogP contribution in [0, 0.1) is 11.8 Å². The highest BCUT2D eigenvalue weighted by atomic mass is 32.1. The molecule has 3 aromatic rings. The summed E-state index contributed by atoms with van der Waals surface area (Å²) < 4.78 is 11.9. The number of nitrogens with zero attached hydrogens (tertiary/aromatic N) is 3. The summed E-state index contributed by atoms with van der Waals surface area (Å²) >= 11 is 1.61. The number of ether oxygens (including phenoxy) is 2. The average molecular weight is 406 g/mol. The lowest BCUT2D eigenvalue weighted by Crippen LogP contribution is -2.28. The van der Waals surface area contributed by atoms with E-state index in [1.54, 1.807) is 17.7 Å². The molecule has 4 heterocycles. The standard InChI is InChI=1S/C23H23N3O2S/c1-16(28-23(2)20-11-6-12-26(20)23)27-13-7-10-19-21-18(17-8-4-3-5-9-17)14-29-22(21)25-15-24-19/h3-5,8-9,14-16,20H,6,11-13H2,1-2H3. The Balaban J connectivity index is 1.28. The zero-order valence-electron chi connectivity index (χ0n) is 16.6. The predicted octanol–water partition coefficient (Wildman–Crippen LogP) is 4.28. The summed E-state index contributed by atoms with van der Waals surface area (Å²) in [6, 6.07) is 10.8. The van der Waals surface area contributed by atoms with Crippen molar-refractivity contribution in [2.75, 3.05) is 13.2 Å². The SMILES string of the molecule is CC(OCC#Cc1ncnc2scc(-c3ccccc3)c12)OC1(C)C2CCCN21. The first-order valence-corrected chi connectivity index (χ1v) is 10.9. The van der Waals surface area contributed by atoms with Crippen LogP contribution in [-0.4, -0.2) is 46.1 Å². The van der Waals surface area contributed by atoms with Gasteiger partial charge in [0.15, 0.2) is 6.29 Å². The summed E-state index contributed by atoms with van der Waals surface area (Å²) in [6.07, 6.45) is 3.78. The predicted molar refractivity (Wildman–Crippen MR) is 114 cm³/mol. The summed E-state index contributed by atoms with van der Waals surface area (Å²) in [6.45, 7) is 5.53. The van der Waals surface area contributed by atoms with E-state index in [0.29, 0.717) is 12.6 Å². The lowest BCUT2D eigenvalue weighted by atomic mass is 10.1. The van der Waals surface area contributed by atoms with Crippen molar-refractivity contribution in [2.45, 2.75) is 44.7 Å². The quantitative estimate of drug-likeness (QED) is 0.360. The lowest BCUT2D eigenvalue weighted by molar-refractivity contribution is -0.174. The van der Waals surface area contributed by atoms with Crippen molar-refractivity contribution in [1.29, 1.82) is 0 Å².